The number of nitrogens with zero attached hydrogens (tertiary/aromatic N) is 2. The van der Waals surface area contributed by atoms with E-state index in [1.54, 1.807) is 11.3 Å². The standard InChI is InChI=1S/C11H14N2O2S2/c14-10-3-7(6-16)4-13(10)11-12-8-1-2-15-5-9(8)17-11/h7,16H,1-6H2. The van der Waals surface area contributed by atoms with E-state index < -0.39 is 0 Å². The molecular formula is C11H14N2O2S2. The van der Waals surface area contributed by atoms with E-state index >= 15 is 0 Å². The molecule has 1 aromatic heterocycles. The van der Waals surface area contributed by atoms with Crippen LogP contribution in [0.3, 0.4) is 0 Å². The predicted octanol–water partition coefficient (Wildman–Crippen LogP) is 1.50. The maximum Gasteiger partial charge on any atom is 0.229 e. The number of thiazole rings is 1. The summed E-state index contributed by atoms with van der Waals surface area (Å²) in [5, 5.41) is 0.842. The van der Waals surface area contributed by atoms with Crippen molar-refractivity contribution < 1.29 is 9.53 Å². The highest BCUT2D eigenvalue weighted by Crippen LogP contribution is 2.33. The zero-order valence-corrected chi connectivity index (χ0v) is 11.1. The van der Waals surface area contributed by atoms with Crippen LogP contribution in [-0.4, -0.2) is 29.8 Å². The average Bonchev–Trinajstić information content (AvgIpc) is 2.91. The van der Waals surface area contributed by atoms with Crippen molar-refractivity contribution in [3.05, 3.63) is 10.6 Å². The number of amides is 1. The van der Waals surface area contributed by atoms with Gasteiger partial charge in [0.05, 0.1) is 23.8 Å². The molecule has 1 fully saturated rings. The number of thiol groups is 1. The Hall–Kier alpha value is -0.590. The molecule has 0 spiro atoms. The number of carbonyl (C=O) groups is 1. The van der Waals surface area contributed by atoms with Gasteiger partial charge in [-0.2, -0.15) is 12.6 Å². The second kappa shape index (κ2) is 4.59. The molecule has 1 saturated heterocycles. The van der Waals surface area contributed by atoms with Crippen molar-refractivity contribution in [3.63, 3.8) is 0 Å². The van der Waals surface area contributed by atoms with Gasteiger partial charge in [0.25, 0.3) is 0 Å². The van der Waals surface area contributed by atoms with Crippen LogP contribution in [-0.2, 0) is 22.6 Å². The van der Waals surface area contributed by atoms with Crippen molar-refractivity contribution in [2.24, 2.45) is 5.92 Å². The lowest BCUT2D eigenvalue weighted by atomic mass is 10.1. The quantitative estimate of drug-likeness (QED) is 0.828. The van der Waals surface area contributed by atoms with Crippen molar-refractivity contribution >= 4 is 35.0 Å². The minimum absolute atomic E-state index is 0.177. The molecule has 6 heteroatoms. The predicted molar refractivity (Wildman–Crippen MR) is 69.8 cm³/mol. The average molecular weight is 270 g/mol. The molecule has 1 atom stereocenters. The van der Waals surface area contributed by atoms with E-state index in [0.717, 1.165) is 36.2 Å². The molecule has 0 aliphatic carbocycles. The summed E-state index contributed by atoms with van der Waals surface area (Å²) < 4.78 is 5.40. The molecule has 0 bridgehead atoms. The third-order valence-electron chi connectivity index (χ3n) is 3.18. The molecule has 17 heavy (non-hydrogen) atoms. The molecule has 1 aromatic rings. The monoisotopic (exact) mass is 270 g/mol. The highest BCUT2D eigenvalue weighted by Gasteiger charge is 2.32. The number of ether oxygens (including phenoxy) is 1. The van der Waals surface area contributed by atoms with Gasteiger partial charge in [0.2, 0.25) is 5.91 Å². The Bertz CT molecular complexity index is 423. The van der Waals surface area contributed by atoms with Crippen molar-refractivity contribution in [1.29, 1.82) is 0 Å². The van der Waals surface area contributed by atoms with Crippen LogP contribution < -0.4 is 4.90 Å². The lowest BCUT2D eigenvalue weighted by Crippen LogP contribution is -2.24. The fraction of sp³-hybridized carbons (Fsp3) is 0.636. The van der Waals surface area contributed by atoms with E-state index in [1.807, 2.05) is 4.90 Å². The van der Waals surface area contributed by atoms with Gasteiger partial charge in [-0.3, -0.25) is 9.69 Å². The maximum absolute atomic E-state index is 11.9. The number of aromatic nitrogens is 1. The largest absolute Gasteiger partial charge is 0.375 e. The summed E-state index contributed by atoms with van der Waals surface area (Å²) >= 11 is 5.86. The number of rotatable bonds is 2. The van der Waals surface area contributed by atoms with Gasteiger partial charge in [-0.25, -0.2) is 4.98 Å². The van der Waals surface area contributed by atoms with Crippen LogP contribution >= 0.6 is 24.0 Å². The van der Waals surface area contributed by atoms with Crippen molar-refractivity contribution in [2.75, 3.05) is 23.8 Å². The van der Waals surface area contributed by atoms with Gasteiger partial charge < -0.3 is 4.74 Å². The minimum Gasteiger partial charge on any atom is -0.375 e. The molecule has 2 aliphatic heterocycles. The lowest BCUT2D eigenvalue weighted by molar-refractivity contribution is -0.117. The molecule has 0 saturated carbocycles. The van der Waals surface area contributed by atoms with Gasteiger partial charge in [0.15, 0.2) is 5.13 Å². The number of carbonyl (C=O) groups excluding carboxylic acids is 1. The Balaban J connectivity index is 1.84. The second-order valence-corrected chi connectivity index (χ2v) is 5.85. The molecule has 0 radical (unpaired) electrons. The number of hydrogen-bond donors (Lipinski definition) is 1. The van der Waals surface area contributed by atoms with Crippen molar-refractivity contribution in [3.8, 4) is 0 Å². The summed E-state index contributed by atoms with van der Waals surface area (Å²) in [6.07, 6.45) is 1.47. The zero-order chi connectivity index (χ0) is 11.8. The third kappa shape index (κ3) is 2.09. The third-order valence-corrected chi connectivity index (χ3v) is 4.79. The van der Waals surface area contributed by atoms with Gasteiger partial charge in [-0.15, -0.1) is 0 Å². The topological polar surface area (TPSA) is 42.4 Å². The summed E-state index contributed by atoms with van der Waals surface area (Å²) in [5.41, 5.74) is 1.11. The van der Waals surface area contributed by atoms with Crippen LogP contribution in [0.1, 0.15) is 17.0 Å². The molecule has 2 aliphatic rings. The van der Waals surface area contributed by atoms with Crippen LogP contribution in [0.4, 0.5) is 5.13 Å². The molecule has 3 rings (SSSR count). The van der Waals surface area contributed by atoms with E-state index in [-0.39, 0.29) is 5.91 Å². The smallest absolute Gasteiger partial charge is 0.229 e. The Morgan fingerprint density at radius 1 is 1.59 bits per heavy atom. The fourth-order valence-corrected chi connectivity index (χ4v) is 3.53. The zero-order valence-electron chi connectivity index (χ0n) is 9.39. The number of hydrogen-bond acceptors (Lipinski definition) is 5. The Kier molecular flexibility index (Phi) is 3.10. The van der Waals surface area contributed by atoms with Crippen LogP contribution in [0.2, 0.25) is 0 Å². The Morgan fingerprint density at radius 3 is 3.18 bits per heavy atom. The van der Waals surface area contributed by atoms with Crippen LogP contribution in [0.25, 0.3) is 0 Å². The molecule has 1 unspecified atom stereocenters. The highest BCUT2D eigenvalue weighted by atomic mass is 32.1. The molecule has 92 valence electrons. The first-order valence-corrected chi connectivity index (χ1v) is 7.20. The van der Waals surface area contributed by atoms with Crippen molar-refractivity contribution in [2.45, 2.75) is 19.4 Å². The summed E-state index contributed by atoms with van der Waals surface area (Å²) in [6, 6.07) is 0. The van der Waals surface area contributed by atoms with E-state index in [4.69, 9.17) is 4.74 Å². The molecule has 0 aromatic carbocycles. The minimum atomic E-state index is 0.177. The number of anilines is 1. The summed E-state index contributed by atoms with van der Waals surface area (Å²) in [4.78, 5) is 19.4. The van der Waals surface area contributed by atoms with Gasteiger partial charge in [0.1, 0.15) is 0 Å². The maximum atomic E-state index is 11.9. The second-order valence-electron chi connectivity index (χ2n) is 4.43. The Morgan fingerprint density at radius 2 is 2.47 bits per heavy atom. The lowest BCUT2D eigenvalue weighted by Gasteiger charge is -2.11. The van der Waals surface area contributed by atoms with Gasteiger partial charge in [-0.1, -0.05) is 11.3 Å². The number of fused-ring (bicyclic) bond motifs is 1. The first kappa shape index (κ1) is 11.5. The molecule has 0 N–H and O–H groups in total. The van der Waals surface area contributed by atoms with Crippen LogP contribution in [0.15, 0.2) is 0 Å². The summed E-state index contributed by atoms with van der Waals surface area (Å²) in [5.74, 6) is 1.30. The first-order valence-electron chi connectivity index (χ1n) is 5.75. The van der Waals surface area contributed by atoms with E-state index in [2.05, 4.69) is 17.6 Å². The van der Waals surface area contributed by atoms with E-state index in [0.29, 0.717) is 18.9 Å². The SMILES string of the molecule is O=C1CC(CS)CN1c1nc2c(s1)COCC2. The molecule has 4 nitrogen and oxygen atoms in total. The first-order chi connectivity index (χ1) is 8.28. The Labute approximate surface area is 109 Å². The van der Waals surface area contributed by atoms with Gasteiger partial charge in [-0.05, 0) is 11.7 Å². The summed E-state index contributed by atoms with van der Waals surface area (Å²) in [7, 11) is 0. The van der Waals surface area contributed by atoms with Crippen LogP contribution in [0, 0.1) is 5.92 Å². The molecule has 3 heterocycles. The highest BCUT2D eigenvalue weighted by molar-refractivity contribution is 7.80. The van der Waals surface area contributed by atoms with Crippen molar-refractivity contribution in [1.82, 2.24) is 4.98 Å². The van der Waals surface area contributed by atoms with E-state index in [9.17, 15) is 4.79 Å². The normalized spacial score (nSPS) is 24.2. The van der Waals surface area contributed by atoms with E-state index in [1.165, 1.54) is 4.88 Å². The van der Waals surface area contributed by atoms with Gasteiger partial charge >= 0.3 is 0 Å². The summed E-state index contributed by atoms with van der Waals surface area (Å²) in [6.45, 7) is 2.14. The molecule has 1 amide bonds. The van der Waals surface area contributed by atoms with Crippen LogP contribution in [0.5, 0.6) is 0 Å². The fourth-order valence-electron chi connectivity index (χ4n) is 2.22. The van der Waals surface area contributed by atoms with Gasteiger partial charge in [0, 0.05) is 19.4 Å². The molecular weight excluding hydrogens is 256 g/mol.